The number of hydrogen-bond donors (Lipinski definition) is 1. The van der Waals surface area contributed by atoms with E-state index in [1.807, 2.05) is 23.9 Å². The molecule has 0 bridgehead atoms. The lowest BCUT2D eigenvalue weighted by Crippen LogP contribution is -1.86. The Hall–Kier alpha value is -1.73. The molecular weight excluding hydrogens is 230 g/mol. The molecule has 2 aromatic rings. The summed E-state index contributed by atoms with van der Waals surface area (Å²) in [6.45, 7) is 4.34. The largest absolute Gasteiger partial charge is 0.343 e. The summed E-state index contributed by atoms with van der Waals surface area (Å²) in [7, 11) is 0. The van der Waals surface area contributed by atoms with Gasteiger partial charge in [0.1, 0.15) is 6.07 Å². The van der Waals surface area contributed by atoms with Crippen LogP contribution in [0.2, 0.25) is 0 Å². The van der Waals surface area contributed by atoms with Crippen LogP contribution in [0.3, 0.4) is 0 Å². The zero-order chi connectivity index (χ0) is 12.3. The molecule has 0 radical (unpaired) electrons. The minimum Gasteiger partial charge on any atom is -0.343 e. The summed E-state index contributed by atoms with van der Waals surface area (Å²) in [6, 6.07) is 10.2. The molecule has 0 unspecified atom stereocenters. The lowest BCUT2D eigenvalue weighted by molar-refractivity contribution is 1.11. The normalized spacial score (nSPS) is 10.5. The topological polar surface area (TPSA) is 52.5 Å². The van der Waals surface area contributed by atoms with Gasteiger partial charge >= 0.3 is 0 Å². The van der Waals surface area contributed by atoms with Gasteiger partial charge in [-0.15, -0.1) is 11.8 Å². The Morgan fingerprint density at radius 3 is 2.59 bits per heavy atom. The monoisotopic (exact) mass is 243 g/mol. The van der Waals surface area contributed by atoms with E-state index in [0.717, 1.165) is 11.3 Å². The van der Waals surface area contributed by atoms with Crippen LogP contribution in [0.4, 0.5) is 0 Å². The van der Waals surface area contributed by atoms with E-state index >= 15 is 0 Å². The van der Waals surface area contributed by atoms with Crippen molar-refractivity contribution < 1.29 is 0 Å². The standard InChI is InChI=1S/C13H13N3S/c1-9(2)17-11-5-3-10(4-6-11)13-12(7-14)15-8-16-13/h3-6,8-9H,1-2H3,(H,15,16). The first-order chi connectivity index (χ1) is 8.20. The second kappa shape index (κ2) is 5.07. The molecule has 2 rings (SSSR count). The molecule has 86 valence electrons. The Labute approximate surface area is 105 Å². The molecule has 0 aliphatic rings. The van der Waals surface area contributed by atoms with Crippen molar-refractivity contribution in [3.63, 3.8) is 0 Å². The van der Waals surface area contributed by atoms with Gasteiger partial charge in [-0.2, -0.15) is 5.26 Å². The first-order valence-corrected chi connectivity index (χ1v) is 6.29. The lowest BCUT2D eigenvalue weighted by Gasteiger charge is -2.05. The van der Waals surface area contributed by atoms with Crippen molar-refractivity contribution in [2.75, 3.05) is 0 Å². The summed E-state index contributed by atoms with van der Waals surface area (Å²) in [5, 5.41) is 9.48. The number of nitrogens with zero attached hydrogens (tertiary/aromatic N) is 2. The van der Waals surface area contributed by atoms with E-state index in [4.69, 9.17) is 5.26 Å². The van der Waals surface area contributed by atoms with Crippen LogP contribution in [-0.2, 0) is 0 Å². The van der Waals surface area contributed by atoms with Gasteiger partial charge < -0.3 is 4.98 Å². The van der Waals surface area contributed by atoms with Crippen LogP contribution in [-0.4, -0.2) is 15.2 Å². The van der Waals surface area contributed by atoms with E-state index in [9.17, 15) is 0 Å². The average Bonchev–Trinajstić information content (AvgIpc) is 2.77. The third-order valence-electron chi connectivity index (χ3n) is 2.26. The highest BCUT2D eigenvalue weighted by Gasteiger charge is 2.07. The van der Waals surface area contributed by atoms with Gasteiger partial charge in [-0.1, -0.05) is 26.0 Å². The molecule has 0 saturated carbocycles. The van der Waals surface area contributed by atoms with E-state index in [1.165, 1.54) is 4.90 Å². The Bertz CT molecular complexity index is 535. The average molecular weight is 243 g/mol. The Kier molecular flexibility index (Phi) is 3.50. The molecule has 4 heteroatoms. The second-order valence-corrected chi connectivity index (χ2v) is 5.58. The Morgan fingerprint density at radius 2 is 2.00 bits per heavy atom. The highest BCUT2D eigenvalue weighted by atomic mass is 32.2. The maximum absolute atomic E-state index is 8.91. The van der Waals surface area contributed by atoms with Crippen molar-refractivity contribution in [1.82, 2.24) is 9.97 Å². The van der Waals surface area contributed by atoms with E-state index in [2.05, 4.69) is 42.0 Å². The van der Waals surface area contributed by atoms with Gasteiger partial charge in [0.25, 0.3) is 0 Å². The Balaban J connectivity index is 2.27. The van der Waals surface area contributed by atoms with Gasteiger partial charge in [0.15, 0.2) is 5.69 Å². The highest BCUT2D eigenvalue weighted by Crippen LogP contribution is 2.26. The predicted octanol–water partition coefficient (Wildman–Crippen LogP) is 3.45. The lowest BCUT2D eigenvalue weighted by atomic mass is 10.1. The summed E-state index contributed by atoms with van der Waals surface area (Å²) in [5.41, 5.74) is 2.22. The van der Waals surface area contributed by atoms with Crippen molar-refractivity contribution in [3.8, 4) is 17.3 Å². The maximum atomic E-state index is 8.91. The van der Waals surface area contributed by atoms with Crippen LogP contribution in [0.15, 0.2) is 35.5 Å². The fourth-order valence-corrected chi connectivity index (χ4v) is 2.41. The van der Waals surface area contributed by atoms with E-state index in [0.29, 0.717) is 10.9 Å². The molecule has 3 nitrogen and oxygen atoms in total. The van der Waals surface area contributed by atoms with Crippen molar-refractivity contribution in [2.24, 2.45) is 0 Å². The summed E-state index contributed by atoms with van der Waals surface area (Å²) in [5.74, 6) is 0. The highest BCUT2D eigenvalue weighted by molar-refractivity contribution is 7.99. The summed E-state index contributed by atoms with van der Waals surface area (Å²) in [6.07, 6.45) is 1.55. The molecule has 0 saturated heterocycles. The van der Waals surface area contributed by atoms with Crippen LogP contribution in [0.5, 0.6) is 0 Å². The van der Waals surface area contributed by atoms with Crippen molar-refractivity contribution in [2.45, 2.75) is 24.0 Å². The third-order valence-corrected chi connectivity index (χ3v) is 3.28. The molecular formula is C13H13N3S. The number of nitrogens with one attached hydrogen (secondary N) is 1. The predicted molar refractivity (Wildman–Crippen MR) is 69.7 cm³/mol. The fraction of sp³-hybridized carbons (Fsp3) is 0.231. The van der Waals surface area contributed by atoms with Crippen LogP contribution < -0.4 is 0 Å². The zero-order valence-corrected chi connectivity index (χ0v) is 10.6. The zero-order valence-electron chi connectivity index (χ0n) is 9.77. The van der Waals surface area contributed by atoms with E-state index in [1.54, 1.807) is 6.33 Å². The quantitative estimate of drug-likeness (QED) is 0.840. The van der Waals surface area contributed by atoms with E-state index < -0.39 is 0 Å². The minimum atomic E-state index is 0.439. The molecule has 0 atom stereocenters. The van der Waals surface area contributed by atoms with Gasteiger partial charge in [-0.25, -0.2) is 4.98 Å². The van der Waals surface area contributed by atoms with Gasteiger partial charge in [-0.05, 0) is 12.1 Å². The van der Waals surface area contributed by atoms with E-state index in [-0.39, 0.29) is 0 Å². The molecule has 17 heavy (non-hydrogen) atoms. The van der Waals surface area contributed by atoms with Crippen LogP contribution in [0, 0.1) is 11.3 Å². The molecule has 0 aliphatic carbocycles. The molecule has 1 N–H and O–H groups in total. The summed E-state index contributed by atoms with van der Waals surface area (Å²) in [4.78, 5) is 8.19. The molecule has 0 spiro atoms. The number of benzene rings is 1. The molecule has 0 amide bonds. The number of hydrogen-bond acceptors (Lipinski definition) is 3. The van der Waals surface area contributed by atoms with Gasteiger partial charge in [0.05, 0.1) is 12.0 Å². The van der Waals surface area contributed by atoms with Crippen LogP contribution >= 0.6 is 11.8 Å². The number of aromatic amines is 1. The van der Waals surface area contributed by atoms with Gasteiger partial charge in [0, 0.05) is 15.7 Å². The van der Waals surface area contributed by atoms with Gasteiger partial charge in [0.2, 0.25) is 0 Å². The SMILES string of the molecule is CC(C)Sc1ccc(-c2[nH]cnc2C#N)cc1. The minimum absolute atomic E-state index is 0.439. The number of aromatic nitrogens is 2. The molecule has 1 aromatic carbocycles. The maximum Gasteiger partial charge on any atom is 0.166 e. The van der Waals surface area contributed by atoms with Crippen LogP contribution in [0.25, 0.3) is 11.3 Å². The summed E-state index contributed by atoms with van der Waals surface area (Å²) >= 11 is 1.82. The molecule has 1 aromatic heterocycles. The molecule has 0 fully saturated rings. The van der Waals surface area contributed by atoms with Gasteiger partial charge in [-0.3, -0.25) is 0 Å². The number of H-pyrrole nitrogens is 1. The number of thioether (sulfide) groups is 1. The fourth-order valence-electron chi connectivity index (χ4n) is 1.57. The third kappa shape index (κ3) is 2.69. The smallest absolute Gasteiger partial charge is 0.166 e. The number of imidazole rings is 1. The Morgan fingerprint density at radius 1 is 1.29 bits per heavy atom. The summed E-state index contributed by atoms with van der Waals surface area (Å²) < 4.78 is 0. The number of rotatable bonds is 3. The second-order valence-electron chi connectivity index (χ2n) is 3.93. The first kappa shape index (κ1) is 11.7. The van der Waals surface area contributed by atoms with Crippen LogP contribution in [0.1, 0.15) is 19.5 Å². The van der Waals surface area contributed by atoms with Crippen molar-refractivity contribution in [3.05, 3.63) is 36.3 Å². The number of nitriles is 1. The molecule has 0 aliphatic heterocycles. The first-order valence-electron chi connectivity index (χ1n) is 5.41. The van der Waals surface area contributed by atoms with Crippen molar-refractivity contribution >= 4 is 11.8 Å². The molecule has 1 heterocycles. The van der Waals surface area contributed by atoms with Crippen molar-refractivity contribution in [1.29, 1.82) is 5.26 Å².